The molecule has 0 aromatic heterocycles. The third kappa shape index (κ3) is 6.11. The van der Waals surface area contributed by atoms with Gasteiger partial charge in [-0.1, -0.05) is 51.5 Å². The lowest BCUT2D eigenvalue weighted by Crippen LogP contribution is -1.94. The molecule has 0 bridgehead atoms. The Bertz CT molecular complexity index is 243. The van der Waals surface area contributed by atoms with Gasteiger partial charge in [0.1, 0.15) is 0 Å². The van der Waals surface area contributed by atoms with E-state index < -0.39 is 0 Å². The van der Waals surface area contributed by atoms with Crippen molar-refractivity contribution in [2.75, 3.05) is 0 Å². The van der Waals surface area contributed by atoms with Gasteiger partial charge in [0, 0.05) is 0 Å². The summed E-state index contributed by atoms with van der Waals surface area (Å²) in [6, 6.07) is 9.07. The third-order valence-corrected chi connectivity index (χ3v) is 2.21. The Morgan fingerprint density at radius 1 is 1.00 bits per heavy atom. The first-order valence-electron chi connectivity index (χ1n) is 5.80. The molecule has 0 nitrogen and oxygen atoms in total. The largest absolute Gasteiger partial charge is 0.106 e. The van der Waals surface area contributed by atoms with Crippen molar-refractivity contribution >= 4 is 0 Å². The zero-order valence-corrected chi connectivity index (χ0v) is 10.4. The van der Waals surface area contributed by atoms with Crippen LogP contribution in [0.1, 0.15) is 38.3 Å². The van der Waals surface area contributed by atoms with E-state index in [1.165, 1.54) is 30.4 Å². The predicted octanol–water partition coefficient (Wildman–Crippen LogP) is 4.64. The monoisotopic (exact) mass is 204 g/mol. The zero-order chi connectivity index (χ0) is 11.7. The number of aryl methyl sites for hydroxylation is 1. The number of hydrogen-bond acceptors (Lipinski definition) is 0. The van der Waals surface area contributed by atoms with Gasteiger partial charge in [0.05, 0.1) is 0 Å². The molecule has 0 saturated carbocycles. The van der Waals surface area contributed by atoms with Crippen LogP contribution in [0.25, 0.3) is 0 Å². The lowest BCUT2D eigenvalue weighted by Gasteiger charge is -2.05. The van der Waals surface area contributed by atoms with Gasteiger partial charge in [0.15, 0.2) is 0 Å². The molecular weight excluding hydrogens is 180 g/mol. The molecule has 0 atom stereocenters. The molecule has 0 amide bonds. The van der Waals surface area contributed by atoms with E-state index in [4.69, 9.17) is 0 Å². The summed E-state index contributed by atoms with van der Waals surface area (Å²) in [6.07, 6.45) is 3.65. The van der Waals surface area contributed by atoms with Gasteiger partial charge in [-0.15, -0.1) is 13.2 Å². The fourth-order valence-electron chi connectivity index (χ4n) is 1.60. The van der Waals surface area contributed by atoms with E-state index in [0.717, 1.165) is 5.92 Å². The topological polar surface area (TPSA) is 0 Å². The summed E-state index contributed by atoms with van der Waals surface area (Å²) in [6.45, 7) is 12.8. The fraction of sp³-hybridized carbons (Fsp3) is 0.467. The minimum absolute atomic E-state index is 0.761. The van der Waals surface area contributed by atoms with Crippen LogP contribution in [0.5, 0.6) is 0 Å². The average Bonchev–Trinajstić information content (AvgIpc) is 2.24. The van der Waals surface area contributed by atoms with Crippen molar-refractivity contribution in [3.05, 3.63) is 48.6 Å². The normalized spacial score (nSPS) is 9.60. The molecule has 0 saturated heterocycles. The molecule has 0 spiro atoms. The molecule has 15 heavy (non-hydrogen) atoms. The molecule has 0 heteroatoms. The van der Waals surface area contributed by atoms with Gasteiger partial charge < -0.3 is 0 Å². The van der Waals surface area contributed by atoms with Crippen molar-refractivity contribution in [2.24, 2.45) is 5.92 Å². The summed E-state index contributed by atoms with van der Waals surface area (Å²) in [7, 11) is 0. The highest BCUT2D eigenvalue weighted by Crippen LogP contribution is 2.10. The Morgan fingerprint density at radius 2 is 1.47 bits per heavy atom. The van der Waals surface area contributed by atoms with E-state index in [0.29, 0.717) is 0 Å². The van der Waals surface area contributed by atoms with Crippen LogP contribution >= 0.6 is 0 Å². The van der Waals surface area contributed by atoms with Crippen LogP contribution in [0.4, 0.5) is 0 Å². The highest BCUT2D eigenvalue weighted by molar-refractivity contribution is 5.22. The second-order valence-electron chi connectivity index (χ2n) is 4.16. The van der Waals surface area contributed by atoms with Crippen molar-refractivity contribution in [3.63, 3.8) is 0 Å². The van der Waals surface area contributed by atoms with Gasteiger partial charge in [0.2, 0.25) is 0 Å². The Balaban J connectivity index is 0.000000921. The first kappa shape index (κ1) is 14.0. The Labute approximate surface area is 95.0 Å². The van der Waals surface area contributed by atoms with Crippen molar-refractivity contribution in [1.82, 2.24) is 0 Å². The summed E-state index contributed by atoms with van der Waals surface area (Å²) in [5.74, 6) is 0.761. The maximum absolute atomic E-state index is 3.00. The first-order valence-corrected chi connectivity index (χ1v) is 5.80. The van der Waals surface area contributed by atoms with E-state index in [9.17, 15) is 0 Å². The van der Waals surface area contributed by atoms with E-state index in [1.54, 1.807) is 0 Å². The summed E-state index contributed by atoms with van der Waals surface area (Å²) < 4.78 is 0. The molecule has 0 aliphatic rings. The van der Waals surface area contributed by atoms with Crippen LogP contribution in [0.15, 0.2) is 37.4 Å². The second-order valence-corrected chi connectivity index (χ2v) is 4.16. The van der Waals surface area contributed by atoms with Gasteiger partial charge in [0.25, 0.3) is 0 Å². The van der Waals surface area contributed by atoms with Gasteiger partial charge in [-0.3, -0.25) is 0 Å². The molecule has 0 heterocycles. The van der Waals surface area contributed by atoms with Crippen LogP contribution < -0.4 is 0 Å². The highest BCUT2D eigenvalue weighted by atomic mass is 14.0. The van der Waals surface area contributed by atoms with E-state index in [1.807, 2.05) is 0 Å². The first-order chi connectivity index (χ1) is 7.22. The Hall–Kier alpha value is -1.04. The number of benzene rings is 1. The van der Waals surface area contributed by atoms with E-state index in [-0.39, 0.29) is 0 Å². The van der Waals surface area contributed by atoms with Gasteiger partial charge in [-0.2, -0.15) is 0 Å². The lowest BCUT2D eigenvalue weighted by atomic mass is 10.0. The fourth-order valence-corrected chi connectivity index (χ4v) is 1.60. The maximum atomic E-state index is 3.00. The average molecular weight is 204 g/mol. The Morgan fingerprint density at radius 3 is 1.87 bits per heavy atom. The quantitative estimate of drug-likeness (QED) is 0.627. The summed E-state index contributed by atoms with van der Waals surface area (Å²) in [5.41, 5.74) is 2.94. The smallest absolute Gasteiger partial charge is 0.0256 e. The standard InChI is InChI=1S/C13H20.C2H4/c1-4-5-12-6-8-13(9-7-12)10-11(2)3;1-2/h6-9,11H,4-5,10H2,1-3H3;1-2H2. The maximum Gasteiger partial charge on any atom is -0.0256 e. The van der Waals surface area contributed by atoms with Gasteiger partial charge in [-0.05, 0) is 29.9 Å². The molecule has 0 aliphatic carbocycles. The molecule has 0 unspecified atom stereocenters. The van der Waals surface area contributed by atoms with Crippen LogP contribution in [-0.2, 0) is 12.8 Å². The van der Waals surface area contributed by atoms with Gasteiger partial charge >= 0.3 is 0 Å². The molecule has 1 aromatic carbocycles. The minimum atomic E-state index is 0.761. The van der Waals surface area contributed by atoms with Crippen molar-refractivity contribution in [1.29, 1.82) is 0 Å². The SMILES string of the molecule is C=C.CCCc1ccc(CC(C)C)cc1. The van der Waals surface area contributed by atoms with Gasteiger partial charge in [-0.25, -0.2) is 0 Å². The van der Waals surface area contributed by atoms with Crippen molar-refractivity contribution in [2.45, 2.75) is 40.0 Å². The van der Waals surface area contributed by atoms with E-state index in [2.05, 4.69) is 58.2 Å². The zero-order valence-electron chi connectivity index (χ0n) is 10.4. The van der Waals surface area contributed by atoms with Crippen LogP contribution in [0.3, 0.4) is 0 Å². The lowest BCUT2D eigenvalue weighted by molar-refractivity contribution is 0.647. The predicted molar refractivity (Wildman–Crippen MR) is 70.2 cm³/mol. The van der Waals surface area contributed by atoms with Crippen molar-refractivity contribution < 1.29 is 0 Å². The molecular formula is C15H24. The minimum Gasteiger partial charge on any atom is -0.106 e. The third-order valence-electron chi connectivity index (χ3n) is 2.21. The van der Waals surface area contributed by atoms with E-state index >= 15 is 0 Å². The molecule has 0 aliphatic heterocycles. The molecule has 0 radical (unpaired) electrons. The molecule has 84 valence electrons. The summed E-state index contributed by atoms with van der Waals surface area (Å²) in [4.78, 5) is 0. The van der Waals surface area contributed by atoms with Crippen LogP contribution in [-0.4, -0.2) is 0 Å². The summed E-state index contributed by atoms with van der Waals surface area (Å²) >= 11 is 0. The molecule has 0 fully saturated rings. The van der Waals surface area contributed by atoms with Crippen LogP contribution in [0.2, 0.25) is 0 Å². The Kier molecular flexibility index (Phi) is 7.71. The number of hydrogen-bond donors (Lipinski definition) is 0. The molecule has 0 N–H and O–H groups in total. The highest BCUT2D eigenvalue weighted by Gasteiger charge is 1.97. The summed E-state index contributed by atoms with van der Waals surface area (Å²) in [5, 5.41) is 0. The molecule has 1 rings (SSSR count). The van der Waals surface area contributed by atoms with Crippen LogP contribution in [0, 0.1) is 5.92 Å². The van der Waals surface area contributed by atoms with Crippen molar-refractivity contribution in [3.8, 4) is 0 Å². The number of rotatable bonds is 4. The molecule has 1 aromatic rings. The second kappa shape index (κ2) is 8.28.